The number of aliphatic carboxylic acids is 3. The Morgan fingerprint density at radius 1 is 0.475 bits per heavy atom. The van der Waals surface area contributed by atoms with Gasteiger partial charge < -0.3 is 93.8 Å². The minimum absolute atomic E-state index is 0.00267. The Morgan fingerprint density at radius 2 is 1.00 bits per heavy atom. The molecule has 0 saturated heterocycles. The molecule has 1 aromatic rings. The number of nitrogens with two attached hydrogens (primary N) is 3. The van der Waals surface area contributed by atoms with E-state index < -0.39 is 65.7 Å². The lowest BCUT2D eigenvalue weighted by atomic mass is 9.94. The van der Waals surface area contributed by atoms with E-state index in [0.29, 0.717) is 64.5 Å². The highest BCUT2D eigenvalue weighted by Crippen LogP contribution is 2.19. The maximum Gasteiger partial charge on any atom is 0.326 e. The van der Waals surface area contributed by atoms with Crippen LogP contribution in [0.15, 0.2) is 41.5 Å². The summed E-state index contributed by atoms with van der Waals surface area (Å²) in [6, 6.07) is 3.40. The molecule has 17 N–H and O–H groups in total. The molecule has 0 aromatic heterocycles. The summed E-state index contributed by atoms with van der Waals surface area (Å²) in [7, 11) is 0. The number of phenols is 1. The van der Waals surface area contributed by atoms with Gasteiger partial charge >= 0.3 is 17.9 Å². The van der Waals surface area contributed by atoms with Crippen molar-refractivity contribution in [3.8, 4) is 5.75 Å². The van der Waals surface area contributed by atoms with Crippen molar-refractivity contribution >= 4 is 70.8 Å². The van der Waals surface area contributed by atoms with Crippen molar-refractivity contribution in [3.63, 3.8) is 0 Å². The summed E-state index contributed by atoms with van der Waals surface area (Å²) in [4.78, 5) is 140. The van der Waals surface area contributed by atoms with Gasteiger partial charge in [0.2, 0.25) is 29.5 Å². The number of amides is 5. The summed E-state index contributed by atoms with van der Waals surface area (Å²) in [6.45, 7) is 8.79. The number of carboxylic acids is 3. The molecule has 574 valence electrons. The second kappa shape index (κ2) is 58.9. The first-order valence-corrected chi connectivity index (χ1v) is 36.0. The van der Waals surface area contributed by atoms with E-state index in [-0.39, 0.29) is 183 Å². The summed E-state index contributed by atoms with van der Waals surface area (Å²) in [6.07, 6.45) is 17.0. The molecule has 0 fully saturated rings. The van der Waals surface area contributed by atoms with E-state index in [0.717, 1.165) is 63.4 Å². The molecule has 30 heteroatoms. The van der Waals surface area contributed by atoms with Gasteiger partial charge in [-0.05, 0) is 87.8 Å². The third kappa shape index (κ3) is 53.8. The molecule has 101 heavy (non-hydrogen) atoms. The standard InChI is InChI=1S/C71H121N11O19/c1-51(2)43-58(85)47-80-59(62(86)48-79-55(21-20-34-78-71(73)74)46-65(89)82-61(52(3)72)44-53-25-28-56(83)29-26-53)23-18-19-33-75-66(90)49-100-41-40-99-38-36-77-67(91)50-101-42-39-98-37-35-76-63(87)32-30-60(70(96)97)81-64(88)31-27-54(69(94)95)45-57(84)22-16-14-12-10-8-6-4-5-7-9-11-13-15-17-24-68(92)93/h25-26,28-29,51,54-55,59-61,79-80,83H,3-24,27,30-50,72H2,1-2H3,(H,75,90)(H,76,87)(H,77,91)(H,81,88)(H,82,89)(H,92,93)(H,94,95)(H,96,97)(H4,73,74,78)/t54-,55+,59+,60+,61+/m1/s1. The van der Waals surface area contributed by atoms with Gasteiger partial charge in [0.25, 0.3) is 0 Å². The van der Waals surface area contributed by atoms with Gasteiger partial charge in [-0.2, -0.15) is 0 Å². The molecule has 0 heterocycles. The van der Waals surface area contributed by atoms with Crippen molar-refractivity contribution in [2.45, 2.75) is 224 Å². The molecule has 0 aliphatic rings. The van der Waals surface area contributed by atoms with Crippen LogP contribution in [-0.4, -0.2) is 207 Å². The Kier molecular flexibility index (Phi) is 53.3. The smallest absolute Gasteiger partial charge is 0.326 e. The zero-order valence-electron chi connectivity index (χ0n) is 60.0. The van der Waals surface area contributed by atoms with Crippen LogP contribution in [0.1, 0.15) is 199 Å². The van der Waals surface area contributed by atoms with Crippen LogP contribution in [0.5, 0.6) is 5.75 Å². The fourth-order valence-electron chi connectivity index (χ4n) is 10.7. The fourth-order valence-corrected chi connectivity index (χ4v) is 10.7. The number of ketones is 3. The van der Waals surface area contributed by atoms with E-state index in [4.69, 9.17) is 41.3 Å². The summed E-state index contributed by atoms with van der Waals surface area (Å²) in [5.74, 6) is -6.91. The van der Waals surface area contributed by atoms with Gasteiger partial charge in [-0.3, -0.25) is 52.9 Å². The Balaban J connectivity index is 2.26. The van der Waals surface area contributed by atoms with E-state index in [2.05, 4.69) is 48.8 Å². The molecular formula is C71H121N11O19. The third-order valence-corrected chi connectivity index (χ3v) is 16.3. The topological polar surface area (TPSA) is 480 Å². The number of nitrogens with one attached hydrogen (secondary N) is 7. The number of phenolic OH excluding ortho intramolecular Hbond substituents is 1. The molecule has 1 rings (SSSR count). The molecule has 5 amide bonds. The van der Waals surface area contributed by atoms with Crippen molar-refractivity contribution in [1.29, 1.82) is 0 Å². The number of guanidine groups is 1. The van der Waals surface area contributed by atoms with Gasteiger partial charge in [0.1, 0.15) is 36.6 Å². The minimum atomic E-state index is -1.40. The van der Waals surface area contributed by atoms with Crippen molar-refractivity contribution in [2.24, 2.45) is 34.0 Å². The number of hydrogen-bond donors (Lipinski definition) is 14. The monoisotopic (exact) mass is 1430 g/mol. The number of benzene rings is 1. The second-order valence-corrected chi connectivity index (χ2v) is 25.9. The molecule has 1 aromatic carbocycles. The molecule has 0 saturated carbocycles. The number of carbonyl (C=O) groups is 11. The Hall–Kier alpha value is -7.64. The largest absolute Gasteiger partial charge is 0.508 e. The number of rotatable bonds is 68. The molecule has 0 spiro atoms. The van der Waals surface area contributed by atoms with E-state index in [1.807, 2.05) is 13.8 Å². The van der Waals surface area contributed by atoms with E-state index >= 15 is 0 Å². The number of Topliss-reactive ketones (excluding diaryl/α,β-unsaturated/α-hetero) is 3. The zero-order chi connectivity index (χ0) is 74.8. The van der Waals surface area contributed by atoms with Gasteiger partial charge in [0.05, 0.1) is 70.7 Å². The van der Waals surface area contributed by atoms with Crippen LogP contribution < -0.4 is 54.4 Å². The van der Waals surface area contributed by atoms with Crippen molar-refractivity contribution in [3.05, 3.63) is 42.1 Å². The van der Waals surface area contributed by atoms with Gasteiger partial charge in [0.15, 0.2) is 11.7 Å². The van der Waals surface area contributed by atoms with Crippen LogP contribution in [0.3, 0.4) is 0 Å². The van der Waals surface area contributed by atoms with Crippen LogP contribution in [-0.2, 0) is 78.1 Å². The number of aromatic hydroxyl groups is 1. The lowest BCUT2D eigenvalue weighted by Gasteiger charge is -2.23. The van der Waals surface area contributed by atoms with Crippen LogP contribution in [0.2, 0.25) is 0 Å². The molecule has 0 radical (unpaired) electrons. The highest BCUT2D eigenvalue weighted by molar-refractivity contribution is 5.88. The number of carboxylic acid groups (broad SMARTS) is 3. The Morgan fingerprint density at radius 3 is 1.53 bits per heavy atom. The molecule has 0 aliphatic carbocycles. The summed E-state index contributed by atoms with van der Waals surface area (Å²) in [5.41, 5.74) is 18.2. The first-order valence-electron chi connectivity index (χ1n) is 36.0. The van der Waals surface area contributed by atoms with E-state index in [1.165, 1.54) is 37.8 Å². The summed E-state index contributed by atoms with van der Waals surface area (Å²) >= 11 is 0. The Bertz CT molecular complexity index is 2610. The number of hydrogen-bond acceptors (Lipinski definition) is 20. The predicted octanol–water partition coefficient (Wildman–Crippen LogP) is 4.14. The summed E-state index contributed by atoms with van der Waals surface area (Å²) < 4.78 is 21.6. The van der Waals surface area contributed by atoms with Gasteiger partial charge in [0, 0.05) is 82.9 Å². The van der Waals surface area contributed by atoms with E-state index in [1.54, 1.807) is 12.1 Å². The minimum Gasteiger partial charge on any atom is -0.508 e. The normalized spacial score (nSPS) is 12.7. The van der Waals surface area contributed by atoms with Crippen LogP contribution in [0.25, 0.3) is 0 Å². The van der Waals surface area contributed by atoms with Crippen molar-refractivity contribution in [2.75, 3.05) is 92.1 Å². The summed E-state index contributed by atoms with van der Waals surface area (Å²) in [5, 5.41) is 57.4. The second-order valence-electron chi connectivity index (χ2n) is 25.9. The number of nitrogens with zero attached hydrogens (tertiary/aromatic N) is 1. The van der Waals surface area contributed by atoms with Gasteiger partial charge in [-0.1, -0.05) is 110 Å². The van der Waals surface area contributed by atoms with Crippen molar-refractivity contribution < 1.29 is 92.1 Å². The highest BCUT2D eigenvalue weighted by Gasteiger charge is 2.27. The molecule has 5 atom stereocenters. The van der Waals surface area contributed by atoms with Crippen molar-refractivity contribution in [1.82, 2.24) is 37.2 Å². The number of ether oxygens (including phenoxy) is 4. The SMILES string of the molecule is C=C(N)[C@H](Cc1ccc(O)cc1)NC(=O)C[C@H](CCCN=C(N)N)NCC(=O)[C@H](CCCCNC(=O)COCCOCCNC(=O)COCCOCCNC(=O)CC[C@H](NC(=O)CC[C@H](CC(=O)CCCCCCCCCCCCCCCCC(=O)O)C(=O)O)C(=O)O)NCC(=O)CC(C)C. The maximum absolute atomic E-state index is 13.7. The van der Waals surface area contributed by atoms with Gasteiger partial charge in [-0.25, -0.2) is 4.79 Å². The molecule has 0 bridgehead atoms. The zero-order valence-corrected chi connectivity index (χ0v) is 60.0. The van der Waals surface area contributed by atoms with E-state index in [9.17, 15) is 68.1 Å². The average Bonchev–Trinajstić information content (AvgIpc) is 0.989. The number of unbranched alkanes of at least 4 members (excludes halogenated alkanes) is 14. The first kappa shape index (κ1) is 91.4. The Labute approximate surface area is 596 Å². The predicted molar refractivity (Wildman–Crippen MR) is 381 cm³/mol. The average molecular weight is 1430 g/mol. The lowest BCUT2D eigenvalue weighted by Crippen LogP contribution is -2.47. The number of aliphatic imine (C=N–C) groups is 1. The maximum atomic E-state index is 13.7. The van der Waals surface area contributed by atoms with Crippen LogP contribution in [0.4, 0.5) is 0 Å². The molecule has 0 aliphatic heterocycles. The van der Waals surface area contributed by atoms with Crippen LogP contribution in [0, 0.1) is 11.8 Å². The highest BCUT2D eigenvalue weighted by atomic mass is 16.5. The number of carbonyl (C=O) groups excluding carboxylic acids is 8. The first-order chi connectivity index (χ1) is 48.3. The molecule has 30 nitrogen and oxygen atoms in total. The molecular weight excluding hydrogens is 1310 g/mol. The molecule has 0 unspecified atom stereocenters. The third-order valence-electron chi connectivity index (χ3n) is 16.3. The van der Waals surface area contributed by atoms with Crippen LogP contribution >= 0.6 is 0 Å². The fraction of sp³-hybridized carbons (Fsp3) is 0.718. The quantitative estimate of drug-likeness (QED) is 0.0247. The van der Waals surface area contributed by atoms with Gasteiger partial charge in [-0.15, -0.1) is 0 Å². The lowest BCUT2D eigenvalue weighted by molar-refractivity contribution is -0.145.